The molecule has 2 fully saturated rings. The minimum absolute atomic E-state index is 0.212. The number of amides is 3. The summed E-state index contributed by atoms with van der Waals surface area (Å²) in [5.74, 6) is -1.26. The molecule has 2 saturated heterocycles. The van der Waals surface area contributed by atoms with Crippen LogP contribution in [0.15, 0.2) is 12.1 Å². The third-order valence-corrected chi connectivity index (χ3v) is 5.19. The fourth-order valence-electron chi connectivity index (χ4n) is 3.36. The van der Waals surface area contributed by atoms with Crippen LogP contribution in [0.4, 0.5) is 20.6 Å². The van der Waals surface area contributed by atoms with Gasteiger partial charge in [-0.3, -0.25) is 14.9 Å². The van der Waals surface area contributed by atoms with E-state index in [1.165, 1.54) is 12.1 Å². The molecule has 2 heterocycles. The van der Waals surface area contributed by atoms with Crippen LogP contribution in [-0.4, -0.2) is 60.6 Å². The van der Waals surface area contributed by atoms with Gasteiger partial charge in [0.1, 0.15) is 17.5 Å². The minimum Gasteiger partial charge on any atom is -0.444 e. The molecule has 2 aliphatic rings. The molecule has 2 aliphatic heterocycles. The SMILES string of the molecule is CC(C)(C)OC(=O)N1CCN(c2cc(Cl)c(NC3CCC(=O)NC3=O)cc2F)CC1. The summed E-state index contributed by atoms with van der Waals surface area (Å²) in [6, 6.07) is 2.11. The zero-order chi connectivity index (χ0) is 22.1. The third kappa shape index (κ3) is 5.33. The first-order valence-corrected chi connectivity index (χ1v) is 10.2. The summed E-state index contributed by atoms with van der Waals surface area (Å²) in [5, 5.41) is 5.43. The molecule has 10 heteroatoms. The second kappa shape index (κ2) is 8.67. The second-order valence-electron chi connectivity index (χ2n) is 8.39. The highest BCUT2D eigenvalue weighted by Crippen LogP contribution is 2.32. The smallest absolute Gasteiger partial charge is 0.410 e. The van der Waals surface area contributed by atoms with Crippen LogP contribution in [-0.2, 0) is 14.3 Å². The molecule has 3 rings (SSSR count). The van der Waals surface area contributed by atoms with Crippen molar-refractivity contribution in [1.82, 2.24) is 10.2 Å². The Morgan fingerprint density at radius 2 is 1.90 bits per heavy atom. The lowest BCUT2D eigenvalue weighted by molar-refractivity contribution is -0.133. The number of carbonyl (C=O) groups is 3. The monoisotopic (exact) mass is 440 g/mol. The van der Waals surface area contributed by atoms with Gasteiger partial charge < -0.3 is 19.9 Å². The summed E-state index contributed by atoms with van der Waals surface area (Å²) in [6.07, 6.45) is 0.144. The molecular formula is C20H26ClFN4O4. The molecule has 1 unspecified atom stereocenters. The van der Waals surface area contributed by atoms with E-state index >= 15 is 0 Å². The van der Waals surface area contributed by atoms with E-state index in [0.717, 1.165) is 0 Å². The Hall–Kier alpha value is -2.55. The van der Waals surface area contributed by atoms with Gasteiger partial charge in [-0.25, -0.2) is 9.18 Å². The van der Waals surface area contributed by atoms with Gasteiger partial charge in [0.05, 0.1) is 16.4 Å². The number of halogens is 2. The van der Waals surface area contributed by atoms with Crippen LogP contribution in [0, 0.1) is 5.82 Å². The number of rotatable bonds is 3. The second-order valence-corrected chi connectivity index (χ2v) is 8.79. The average Bonchev–Trinajstić information content (AvgIpc) is 2.65. The lowest BCUT2D eigenvalue weighted by atomic mass is 10.1. The summed E-state index contributed by atoms with van der Waals surface area (Å²) in [4.78, 5) is 38.8. The van der Waals surface area contributed by atoms with E-state index in [0.29, 0.717) is 44.0 Å². The molecule has 0 radical (unpaired) electrons. The molecule has 8 nitrogen and oxygen atoms in total. The molecule has 164 valence electrons. The number of benzene rings is 1. The van der Waals surface area contributed by atoms with Gasteiger partial charge in [-0.05, 0) is 33.3 Å². The number of piperazine rings is 1. The number of anilines is 2. The molecule has 0 aliphatic carbocycles. The maximum atomic E-state index is 14.8. The fraction of sp³-hybridized carbons (Fsp3) is 0.550. The van der Waals surface area contributed by atoms with Crippen molar-refractivity contribution in [2.75, 3.05) is 36.4 Å². The lowest BCUT2D eigenvalue weighted by Gasteiger charge is -2.37. The van der Waals surface area contributed by atoms with Crippen LogP contribution in [0.25, 0.3) is 0 Å². The highest BCUT2D eigenvalue weighted by atomic mass is 35.5. The molecule has 1 aromatic carbocycles. The predicted octanol–water partition coefficient (Wildman–Crippen LogP) is 2.75. The van der Waals surface area contributed by atoms with Gasteiger partial charge in [-0.1, -0.05) is 11.6 Å². The maximum absolute atomic E-state index is 14.8. The number of nitrogens with one attached hydrogen (secondary N) is 2. The standard InChI is InChI=1S/C20H26ClFN4O4/c1-20(2,3)30-19(29)26-8-6-25(7-9-26)16-10-12(21)15(11-13(16)22)23-14-4-5-17(27)24-18(14)28/h10-11,14,23H,4-9H2,1-3H3,(H,24,27,28). The van der Waals surface area contributed by atoms with Gasteiger partial charge in [0.25, 0.3) is 0 Å². The van der Waals surface area contributed by atoms with E-state index in [9.17, 15) is 18.8 Å². The van der Waals surface area contributed by atoms with Crippen LogP contribution in [0.2, 0.25) is 5.02 Å². The van der Waals surface area contributed by atoms with Gasteiger partial charge >= 0.3 is 6.09 Å². The van der Waals surface area contributed by atoms with Crippen molar-refractivity contribution in [3.63, 3.8) is 0 Å². The highest BCUT2D eigenvalue weighted by Gasteiger charge is 2.29. The summed E-state index contributed by atoms with van der Waals surface area (Å²) in [6.45, 7) is 7.11. The Bertz CT molecular complexity index is 850. The normalized spacial score (nSPS) is 20.1. The molecular weight excluding hydrogens is 415 g/mol. The van der Waals surface area contributed by atoms with Crippen LogP contribution < -0.4 is 15.5 Å². The number of carbonyl (C=O) groups excluding carboxylic acids is 3. The van der Waals surface area contributed by atoms with Gasteiger partial charge in [0.2, 0.25) is 11.8 Å². The molecule has 0 bridgehead atoms. The van der Waals surface area contributed by atoms with Crippen molar-refractivity contribution >= 4 is 40.9 Å². The predicted molar refractivity (Wildman–Crippen MR) is 111 cm³/mol. The highest BCUT2D eigenvalue weighted by molar-refractivity contribution is 6.33. The van der Waals surface area contributed by atoms with Crippen molar-refractivity contribution in [2.24, 2.45) is 0 Å². The van der Waals surface area contributed by atoms with Gasteiger partial charge in [0, 0.05) is 38.7 Å². The summed E-state index contributed by atoms with van der Waals surface area (Å²) < 4.78 is 20.2. The summed E-state index contributed by atoms with van der Waals surface area (Å²) >= 11 is 6.33. The number of piperidine rings is 1. The number of hydrogen-bond acceptors (Lipinski definition) is 6. The lowest BCUT2D eigenvalue weighted by Crippen LogP contribution is -2.50. The number of imide groups is 1. The van der Waals surface area contributed by atoms with E-state index in [-0.39, 0.29) is 23.4 Å². The van der Waals surface area contributed by atoms with Crippen molar-refractivity contribution < 1.29 is 23.5 Å². The number of hydrogen-bond donors (Lipinski definition) is 2. The average molecular weight is 441 g/mol. The van der Waals surface area contributed by atoms with E-state index in [2.05, 4.69) is 10.6 Å². The quantitative estimate of drug-likeness (QED) is 0.702. The molecule has 2 N–H and O–H groups in total. The number of nitrogens with zero attached hydrogens (tertiary/aromatic N) is 2. The minimum atomic E-state index is -0.650. The van der Waals surface area contributed by atoms with Crippen LogP contribution in [0.3, 0.4) is 0 Å². The van der Waals surface area contributed by atoms with E-state index in [4.69, 9.17) is 16.3 Å². The van der Waals surface area contributed by atoms with E-state index < -0.39 is 23.4 Å². The zero-order valence-electron chi connectivity index (χ0n) is 17.3. The van der Waals surface area contributed by atoms with Crippen molar-refractivity contribution in [2.45, 2.75) is 45.3 Å². The van der Waals surface area contributed by atoms with Crippen LogP contribution in [0.5, 0.6) is 0 Å². The first-order valence-electron chi connectivity index (χ1n) is 9.85. The Labute approximate surface area is 179 Å². The first kappa shape index (κ1) is 22.1. The van der Waals surface area contributed by atoms with Crippen molar-refractivity contribution in [3.05, 3.63) is 23.0 Å². The number of ether oxygens (including phenoxy) is 1. The topological polar surface area (TPSA) is 91.0 Å². The molecule has 30 heavy (non-hydrogen) atoms. The third-order valence-electron chi connectivity index (χ3n) is 4.88. The molecule has 0 spiro atoms. The first-order chi connectivity index (χ1) is 14.0. The molecule has 0 aromatic heterocycles. The molecule has 1 atom stereocenters. The van der Waals surface area contributed by atoms with Crippen molar-refractivity contribution in [3.8, 4) is 0 Å². The largest absolute Gasteiger partial charge is 0.444 e. The van der Waals surface area contributed by atoms with Gasteiger partial charge in [0.15, 0.2) is 0 Å². The summed E-state index contributed by atoms with van der Waals surface area (Å²) in [7, 11) is 0. The Morgan fingerprint density at radius 3 is 2.50 bits per heavy atom. The molecule has 3 amide bonds. The van der Waals surface area contributed by atoms with E-state index in [1.807, 2.05) is 25.7 Å². The van der Waals surface area contributed by atoms with Crippen LogP contribution >= 0.6 is 11.6 Å². The van der Waals surface area contributed by atoms with Gasteiger partial charge in [-0.2, -0.15) is 0 Å². The molecule has 1 aromatic rings. The Kier molecular flexibility index (Phi) is 6.40. The van der Waals surface area contributed by atoms with Crippen molar-refractivity contribution in [1.29, 1.82) is 0 Å². The molecule has 0 saturated carbocycles. The fourth-order valence-corrected chi connectivity index (χ4v) is 3.58. The van der Waals surface area contributed by atoms with Gasteiger partial charge in [-0.15, -0.1) is 0 Å². The Morgan fingerprint density at radius 1 is 1.23 bits per heavy atom. The Balaban J connectivity index is 1.64. The van der Waals surface area contributed by atoms with Crippen LogP contribution in [0.1, 0.15) is 33.6 Å². The van der Waals surface area contributed by atoms with E-state index in [1.54, 1.807) is 4.90 Å². The zero-order valence-corrected chi connectivity index (χ0v) is 18.0. The maximum Gasteiger partial charge on any atom is 0.410 e. The summed E-state index contributed by atoms with van der Waals surface area (Å²) in [5.41, 5.74) is 0.0524.